The standard InChI is InChI=1S/C25H21ClFN5O3/c26-20-12-29-32(19-9-17-13-31(25(34)35)14-18(17)10-19)22(20)24(33)30-23-21(27)8-16(11-28-23)7-6-15-4-2-1-3-5-15/h1-5,8,11-12,17-19H,9-10,13-14H2,(H,34,35)(H,28,30,33)/t17-,18+,19+. The lowest BCUT2D eigenvalue weighted by Crippen LogP contribution is -2.28. The predicted molar refractivity (Wildman–Crippen MR) is 127 cm³/mol. The second-order valence-corrected chi connectivity index (χ2v) is 9.15. The van der Waals surface area contributed by atoms with Gasteiger partial charge in [-0.3, -0.25) is 9.48 Å². The molecule has 0 bridgehead atoms. The first-order valence-corrected chi connectivity index (χ1v) is 11.5. The molecule has 0 unspecified atom stereocenters. The topological polar surface area (TPSA) is 100 Å². The van der Waals surface area contributed by atoms with Crippen LogP contribution in [0.2, 0.25) is 5.02 Å². The Hall–Kier alpha value is -3.90. The van der Waals surface area contributed by atoms with Crippen LogP contribution < -0.4 is 5.32 Å². The normalized spacial score (nSPS) is 20.7. The third-order valence-corrected chi connectivity index (χ3v) is 6.78. The molecular formula is C25H21ClFN5O3. The number of amides is 2. The fourth-order valence-electron chi connectivity index (χ4n) is 4.89. The van der Waals surface area contributed by atoms with Crippen LogP contribution in [0, 0.1) is 29.5 Å². The summed E-state index contributed by atoms with van der Waals surface area (Å²) in [7, 11) is 0. The maximum atomic E-state index is 14.7. The van der Waals surface area contributed by atoms with E-state index in [9.17, 15) is 19.1 Å². The molecule has 1 aliphatic carbocycles. The zero-order valence-corrected chi connectivity index (χ0v) is 19.2. The van der Waals surface area contributed by atoms with E-state index >= 15 is 0 Å². The van der Waals surface area contributed by atoms with Crippen molar-refractivity contribution in [1.82, 2.24) is 19.7 Å². The highest BCUT2D eigenvalue weighted by Gasteiger charge is 2.44. The highest BCUT2D eigenvalue weighted by molar-refractivity contribution is 6.34. The van der Waals surface area contributed by atoms with E-state index in [0.29, 0.717) is 31.5 Å². The Kier molecular flexibility index (Phi) is 6.14. The summed E-state index contributed by atoms with van der Waals surface area (Å²) in [5.74, 6) is 4.63. The van der Waals surface area contributed by atoms with Crippen LogP contribution in [0.5, 0.6) is 0 Å². The van der Waals surface area contributed by atoms with Gasteiger partial charge in [0.05, 0.1) is 17.3 Å². The molecule has 2 aliphatic rings. The molecule has 3 heterocycles. The molecule has 3 aromatic rings. The molecule has 2 fully saturated rings. The van der Waals surface area contributed by atoms with Gasteiger partial charge in [0.25, 0.3) is 5.91 Å². The number of nitrogens with one attached hydrogen (secondary N) is 1. The van der Waals surface area contributed by atoms with Gasteiger partial charge in [0.1, 0.15) is 5.69 Å². The number of benzene rings is 1. The van der Waals surface area contributed by atoms with E-state index in [2.05, 4.69) is 27.2 Å². The van der Waals surface area contributed by atoms with Crippen molar-refractivity contribution in [3.8, 4) is 11.8 Å². The summed E-state index contributed by atoms with van der Waals surface area (Å²) in [4.78, 5) is 29.7. The average Bonchev–Trinajstić information content (AvgIpc) is 3.53. The molecule has 10 heteroatoms. The van der Waals surface area contributed by atoms with Gasteiger partial charge in [0, 0.05) is 30.4 Å². The van der Waals surface area contributed by atoms with E-state index < -0.39 is 17.8 Å². The Morgan fingerprint density at radius 2 is 1.77 bits per heavy atom. The van der Waals surface area contributed by atoms with Gasteiger partial charge in [-0.15, -0.1) is 0 Å². The van der Waals surface area contributed by atoms with Crippen molar-refractivity contribution in [1.29, 1.82) is 0 Å². The minimum atomic E-state index is -0.912. The van der Waals surface area contributed by atoms with Crippen LogP contribution in [0.1, 0.15) is 40.5 Å². The second kappa shape index (κ2) is 9.39. The van der Waals surface area contributed by atoms with Crippen molar-refractivity contribution in [2.24, 2.45) is 11.8 Å². The van der Waals surface area contributed by atoms with E-state index in [-0.39, 0.29) is 34.4 Å². The molecule has 1 saturated heterocycles. The second-order valence-electron chi connectivity index (χ2n) is 8.74. The van der Waals surface area contributed by atoms with Gasteiger partial charge >= 0.3 is 6.09 Å². The number of carbonyl (C=O) groups excluding carboxylic acids is 1. The number of carboxylic acid groups (broad SMARTS) is 1. The summed E-state index contributed by atoms with van der Waals surface area (Å²) in [6, 6.07) is 10.4. The maximum Gasteiger partial charge on any atom is 0.407 e. The minimum Gasteiger partial charge on any atom is -0.465 e. The smallest absolute Gasteiger partial charge is 0.407 e. The first kappa shape index (κ1) is 22.9. The van der Waals surface area contributed by atoms with Crippen LogP contribution in [-0.2, 0) is 0 Å². The number of rotatable bonds is 3. The quantitative estimate of drug-likeness (QED) is 0.530. The first-order valence-electron chi connectivity index (χ1n) is 11.1. The number of fused-ring (bicyclic) bond motifs is 1. The van der Waals surface area contributed by atoms with E-state index in [1.807, 2.05) is 30.3 Å². The number of hydrogen-bond donors (Lipinski definition) is 2. The number of nitrogens with zero attached hydrogens (tertiary/aromatic N) is 4. The van der Waals surface area contributed by atoms with Crippen LogP contribution in [0.3, 0.4) is 0 Å². The molecule has 2 amide bonds. The fourth-order valence-corrected chi connectivity index (χ4v) is 5.10. The number of carbonyl (C=O) groups is 2. The van der Waals surface area contributed by atoms with Gasteiger partial charge in [0.15, 0.2) is 11.6 Å². The lowest BCUT2D eigenvalue weighted by molar-refractivity contribution is 0.101. The SMILES string of the molecule is O=C(Nc1ncc(C#Cc2ccccc2)cc1F)c1c(Cl)cnn1[C@H]1C[C@@H]2CN(C(=O)O)C[C@@H]2C1. The summed E-state index contributed by atoms with van der Waals surface area (Å²) in [6.45, 7) is 0.948. The molecule has 0 spiro atoms. The molecule has 2 N–H and O–H groups in total. The Morgan fingerprint density at radius 1 is 1.09 bits per heavy atom. The van der Waals surface area contributed by atoms with Crippen LogP contribution in [0.15, 0.2) is 48.8 Å². The van der Waals surface area contributed by atoms with Crippen molar-refractivity contribution in [2.75, 3.05) is 18.4 Å². The summed E-state index contributed by atoms with van der Waals surface area (Å²) >= 11 is 6.27. The molecule has 1 aliphatic heterocycles. The largest absolute Gasteiger partial charge is 0.465 e. The minimum absolute atomic E-state index is 0.0948. The molecule has 1 saturated carbocycles. The molecule has 35 heavy (non-hydrogen) atoms. The summed E-state index contributed by atoms with van der Waals surface area (Å²) < 4.78 is 16.3. The lowest BCUT2D eigenvalue weighted by Gasteiger charge is -2.18. The van der Waals surface area contributed by atoms with Crippen LogP contribution in [-0.4, -0.2) is 49.9 Å². The first-order chi connectivity index (χ1) is 16.9. The molecule has 3 atom stereocenters. The maximum absolute atomic E-state index is 14.7. The average molecular weight is 494 g/mol. The van der Waals surface area contributed by atoms with Crippen molar-refractivity contribution >= 4 is 29.4 Å². The molecule has 2 aromatic heterocycles. The Bertz CT molecular complexity index is 1340. The molecule has 1 aromatic carbocycles. The van der Waals surface area contributed by atoms with Gasteiger partial charge < -0.3 is 15.3 Å². The van der Waals surface area contributed by atoms with E-state index in [0.717, 1.165) is 5.56 Å². The Balaban J connectivity index is 1.30. The highest BCUT2D eigenvalue weighted by atomic mass is 35.5. The third kappa shape index (κ3) is 4.70. The molecular weight excluding hydrogens is 473 g/mol. The van der Waals surface area contributed by atoms with Crippen molar-refractivity contribution in [2.45, 2.75) is 18.9 Å². The van der Waals surface area contributed by atoms with E-state index in [1.165, 1.54) is 23.4 Å². The lowest BCUT2D eigenvalue weighted by atomic mass is 10.0. The van der Waals surface area contributed by atoms with E-state index in [1.54, 1.807) is 4.68 Å². The van der Waals surface area contributed by atoms with Crippen LogP contribution in [0.25, 0.3) is 0 Å². The zero-order chi connectivity index (χ0) is 24.5. The van der Waals surface area contributed by atoms with Gasteiger partial charge in [-0.05, 0) is 42.9 Å². The number of halogens is 2. The van der Waals surface area contributed by atoms with Gasteiger partial charge in [-0.2, -0.15) is 5.10 Å². The van der Waals surface area contributed by atoms with Crippen molar-refractivity contribution in [3.05, 3.63) is 76.5 Å². The molecule has 0 radical (unpaired) electrons. The third-order valence-electron chi connectivity index (χ3n) is 6.51. The predicted octanol–water partition coefficient (Wildman–Crippen LogP) is 4.28. The van der Waals surface area contributed by atoms with Crippen LogP contribution >= 0.6 is 11.6 Å². The monoisotopic (exact) mass is 493 g/mol. The number of likely N-dealkylation sites (tertiary alicyclic amines) is 1. The Labute approximate surface area is 205 Å². The fraction of sp³-hybridized carbons (Fsp3) is 0.280. The Morgan fingerprint density at radius 3 is 2.43 bits per heavy atom. The highest BCUT2D eigenvalue weighted by Crippen LogP contribution is 2.44. The number of aromatic nitrogens is 3. The number of hydrogen-bond acceptors (Lipinski definition) is 4. The van der Waals surface area contributed by atoms with Gasteiger partial charge in [-0.1, -0.05) is 41.6 Å². The number of anilines is 1. The molecule has 8 nitrogen and oxygen atoms in total. The molecule has 178 valence electrons. The summed E-state index contributed by atoms with van der Waals surface area (Å²) in [5, 5.41) is 16.2. The summed E-state index contributed by atoms with van der Waals surface area (Å²) in [5.41, 5.74) is 1.29. The molecule has 5 rings (SSSR count). The van der Waals surface area contributed by atoms with Gasteiger partial charge in [0.2, 0.25) is 0 Å². The van der Waals surface area contributed by atoms with Gasteiger partial charge in [-0.25, -0.2) is 14.2 Å². The van der Waals surface area contributed by atoms with Crippen molar-refractivity contribution in [3.63, 3.8) is 0 Å². The van der Waals surface area contributed by atoms with Crippen LogP contribution in [0.4, 0.5) is 15.0 Å². The van der Waals surface area contributed by atoms with Crippen molar-refractivity contribution < 1.29 is 19.1 Å². The zero-order valence-electron chi connectivity index (χ0n) is 18.5. The summed E-state index contributed by atoms with van der Waals surface area (Å²) in [6.07, 6.45) is 3.24. The van der Waals surface area contributed by atoms with E-state index in [4.69, 9.17) is 11.6 Å². The number of pyridine rings is 1.